The van der Waals surface area contributed by atoms with Crippen molar-refractivity contribution >= 4 is 33.2 Å². The second kappa shape index (κ2) is 13.9. The number of halogens is 1. The highest BCUT2D eigenvalue weighted by molar-refractivity contribution is 7.90. The molecule has 0 aromatic heterocycles. The number of rotatable bonds is 3. The van der Waals surface area contributed by atoms with Crippen LogP contribution in [0.15, 0.2) is 48.6 Å². The quantitative estimate of drug-likeness (QED) is 0.340. The molecule has 49 heavy (non-hydrogen) atoms. The van der Waals surface area contributed by atoms with Gasteiger partial charge in [-0.1, -0.05) is 36.7 Å². The van der Waals surface area contributed by atoms with Gasteiger partial charge in [0.2, 0.25) is 10.0 Å². The number of sulfonamides is 1. The fraction of sp³-hybridized carbons (Fsp3) is 0.615. The molecule has 2 aromatic rings. The molecule has 1 N–H and O–H groups in total. The zero-order valence-electron chi connectivity index (χ0n) is 29.1. The highest BCUT2D eigenvalue weighted by Crippen LogP contribution is 2.49. The van der Waals surface area contributed by atoms with E-state index in [4.69, 9.17) is 25.8 Å². The molecule has 7 rings (SSSR count). The Labute approximate surface area is 296 Å². The number of hydrogen-bond donors (Lipinski definition) is 1. The topological polar surface area (TPSA) is 94.2 Å². The van der Waals surface area contributed by atoms with Crippen LogP contribution >= 0.6 is 11.6 Å². The third-order valence-electron chi connectivity index (χ3n) is 12.4. The minimum Gasteiger partial charge on any atom is -0.490 e. The Balaban J connectivity index is 1.28. The van der Waals surface area contributed by atoms with Crippen molar-refractivity contribution in [1.82, 2.24) is 4.72 Å². The third kappa shape index (κ3) is 7.02. The van der Waals surface area contributed by atoms with E-state index in [2.05, 4.69) is 40.8 Å². The van der Waals surface area contributed by atoms with Crippen molar-refractivity contribution in [2.75, 3.05) is 44.4 Å². The highest BCUT2D eigenvalue weighted by atomic mass is 35.5. The minimum atomic E-state index is -3.93. The zero-order valence-corrected chi connectivity index (χ0v) is 30.7. The number of anilines is 1. The van der Waals surface area contributed by atoms with Gasteiger partial charge in [0, 0.05) is 42.3 Å². The number of nitrogens with zero attached hydrogens (tertiary/aromatic N) is 1. The molecule has 1 amide bonds. The van der Waals surface area contributed by atoms with E-state index in [9.17, 15) is 13.2 Å². The van der Waals surface area contributed by atoms with Crippen LogP contribution < -0.4 is 14.4 Å². The number of carbonyl (C=O) groups excluding carboxylic acids is 1. The van der Waals surface area contributed by atoms with Crippen molar-refractivity contribution in [3.63, 3.8) is 0 Å². The summed E-state index contributed by atoms with van der Waals surface area (Å²) < 4.78 is 48.6. The molecular weight excluding hydrogens is 660 g/mol. The lowest BCUT2D eigenvalue weighted by Gasteiger charge is -2.50. The number of hydrogen-bond acceptors (Lipinski definition) is 7. The van der Waals surface area contributed by atoms with Crippen molar-refractivity contribution in [2.45, 2.75) is 88.4 Å². The Kier molecular flexibility index (Phi) is 9.85. The number of allylic oxidation sites excluding steroid dienone is 1. The van der Waals surface area contributed by atoms with Gasteiger partial charge in [-0.3, -0.25) is 4.79 Å². The number of ether oxygens (including phenoxy) is 3. The summed E-state index contributed by atoms with van der Waals surface area (Å²) >= 11 is 6.47. The fourth-order valence-corrected chi connectivity index (χ4v) is 10.3. The van der Waals surface area contributed by atoms with Gasteiger partial charge >= 0.3 is 0 Å². The Morgan fingerprint density at radius 3 is 2.67 bits per heavy atom. The smallest absolute Gasteiger partial charge is 0.264 e. The molecule has 266 valence electrons. The standard InChI is InChI=1S/C39H51ClN2O6S/c1-26-6-4-16-38(3,48-23-28-14-18-46-19-15-28)33-11-8-31(33)22-42-24-39(17-5-7-29-20-32(40)10-12-34(29)39)25-47-36-13-9-30(21-35(36)42)37(43)41-49(44,45)27(26)2/h4,9-10,12-13,16,20-21,26-28,31,33H,5-8,11,14-15,17-19,22-25H2,1-3H3,(H,41,43)/b16-4+/t26-,27+,31-,33+,38-,39-/m0/s1. The fourth-order valence-electron chi connectivity index (χ4n) is 8.87. The molecule has 2 bridgehead atoms. The number of fused-ring (bicyclic) bond motifs is 4. The van der Waals surface area contributed by atoms with Crippen molar-refractivity contribution < 1.29 is 27.4 Å². The van der Waals surface area contributed by atoms with Crippen LogP contribution in [0.2, 0.25) is 5.02 Å². The highest BCUT2D eigenvalue weighted by Gasteiger charge is 2.48. The number of carbonyl (C=O) groups is 1. The van der Waals surface area contributed by atoms with E-state index in [1.807, 2.05) is 25.1 Å². The van der Waals surface area contributed by atoms with E-state index in [1.54, 1.807) is 13.0 Å². The van der Waals surface area contributed by atoms with Crippen LogP contribution in [-0.4, -0.2) is 64.7 Å². The summed E-state index contributed by atoms with van der Waals surface area (Å²) in [5.41, 5.74) is 2.96. The van der Waals surface area contributed by atoms with E-state index in [-0.39, 0.29) is 11.3 Å². The predicted octanol–water partition coefficient (Wildman–Crippen LogP) is 7.09. The summed E-state index contributed by atoms with van der Waals surface area (Å²) in [4.78, 5) is 16.0. The van der Waals surface area contributed by atoms with Gasteiger partial charge in [-0.15, -0.1) is 0 Å². The molecule has 2 aliphatic carbocycles. The molecule has 5 aliphatic rings. The van der Waals surface area contributed by atoms with Gasteiger partial charge < -0.3 is 19.1 Å². The summed E-state index contributed by atoms with van der Waals surface area (Å²) in [7, 11) is -3.93. The third-order valence-corrected chi connectivity index (χ3v) is 14.5. The summed E-state index contributed by atoms with van der Waals surface area (Å²) in [6.07, 6.45) is 12.1. The van der Waals surface area contributed by atoms with Crippen molar-refractivity contribution in [3.05, 3.63) is 70.3 Å². The molecule has 3 aliphatic heterocycles. The van der Waals surface area contributed by atoms with E-state index in [0.29, 0.717) is 43.0 Å². The Hall–Kier alpha value is -2.59. The largest absolute Gasteiger partial charge is 0.490 e. The van der Waals surface area contributed by atoms with Crippen LogP contribution in [0.25, 0.3) is 0 Å². The molecule has 6 atom stereocenters. The monoisotopic (exact) mass is 710 g/mol. The Bertz CT molecular complexity index is 1690. The van der Waals surface area contributed by atoms with Gasteiger partial charge in [-0.25, -0.2) is 13.1 Å². The van der Waals surface area contributed by atoms with Gasteiger partial charge in [0.25, 0.3) is 5.91 Å². The maximum atomic E-state index is 13.6. The summed E-state index contributed by atoms with van der Waals surface area (Å²) in [6.45, 7) is 10.1. The van der Waals surface area contributed by atoms with Crippen molar-refractivity contribution in [1.29, 1.82) is 0 Å². The average molecular weight is 711 g/mol. The lowest BCUT2D eigenvalue weighted by molar-refractivity contribution is -0.105. The van der Waals surface area contributed by atoms with E-state index in [0.717, 1.165) is 87.7 Å². The van der Waals surface area contributed by atoms with E-state index >= 15 is 0 Å². The second-order valence-electron chi connectivity index (χ2n) is 15.6. The van der Waals surface area contributed by atoms with E-state index < -0.39 is 26.8 Å². The lowest BCUT2D eigenvalue weighted by Crippen LogP contribution is -2.52. The first-order chi connectivity index (χ1) is 23.5. The van der Waals surface area contributed by atoms with Gasteiger partial charge in [-0.05, 0) is 130 Å². The molecular formula is C39H51ClN2O6S. The van der Waals surface area contributed by atoms with Crippen molar-refractivity contribution in [2.24, 2.45) is 23.7 Å². The normalized spacial score (nSPS) is 34.0. The van der Waals surface area contributed by atoms with Gasteiger partial charge in [0.1, 0.15) is 5.75 Å². The lowest BCUT2D eigenvalue weighted by atomic mass is 9.64. The summed E-state index contributed by atoms with van der Waals surface area (Å²) in [6, 6.07) is 11.6. The maximum absolute atomic E-state index is 13.6. The number of nitrogens with one attached hydrogen (secondary N) is 1. The average Bonchev–Trinajstić information content (AvgIpc) is 3.22. The minimum absolute atomic E-state index is 0.202. The van der Waals surface area contributed by atoms with Crippen LogP contribution in [0.1, 0.15) is 87.2 Å². The Morgan fingerprint density at radius 1 is 1.08 bits per heavy atom. The molecule has 0 unspecified atom stereocenters. The van der Waals surface area contributed by atoms with Crippen LogP contribution in [0, 0.1) is 23.7 Å². The predicted molar refractivity (Wildman–Crippen MR) is 193 cm³/mol. The molecule has 2 fully saturated rings. The molecule has 10 heteroatoms. The number of aryl methyl sites for hydroxylation is 1. The SMILES string of the molecule is C[C@@H]1[C@@H](C)C/C=C/[C@](C)(OCC2CCOCC2)[C@@H]2CC[C@H]2CN2C[C@@]3(CCCc4cc(Cl)ccc43)COc3ccc(cc32)C(=O)NS1(=O)=O. The maximum Gasteiger partial charge on any atom is 0.264 e. The first kappa shape index (κ1) is 34.8. The molecule has 2 aromatic carbocycles. The number of amides is 1. The molecule has 1 spiro atoms. The van der Waals surface area contributed by atoms with Crippen LogP contribution in [0.5, 0.6) is 5.75 Å². The second-order valence-corrected chi connectivity index (χ2v) is 18.1. The van der Waals surface area contributed by atoms with Crippen LogP contribution in [-0.2, 0) is 31.3 Å². The summed E-state index contributed by atoms with van der Waals surface area (Å²) in [5, 5.41) is -0.0152. The molecule has 8 nitrogen and oxygen atoms in total. The van der Waals surface area contributed by atoms with Gasteiger partial charge in [0.15, 0.2) is 0 Å². The van der Waals surface area contributed by atoms with Gasteiger partial charge in [-0.2, -0.15) is 0 Å². The van der Waals surface area contributed by atoms with Crippen molar-refractivity contribution in [3.8, 4) is 5.75 Å². The molecule has 1 saturated heterocycles. The molecule has 0 radical (unpaired) electrons. The molecule has 3 heterocycles. The Morgan fingerprint density at radius 2 is 1.90 bits per heavy atom. The summed E-state index contributed by atoms with van der Waals surface area (Å²) in [5.74, 6) is 1.03. The van der Waals surface area contributed by atoms with Crippen LogP contribution in [0.4, 0.5) is 5.69 Å². The first-order valence-electron chi connectivity index (χ1n) is 18.2. The van der Waals surface area contributed by atoms with E-state index in [1.165, 1.54) is 11.1 Å². The first-order valence-corrected chi connectivity index (χ1v) is 20.1. The van der Waals surface area contributed by atoms with Crippen LogP contribution in [0.3, 0.4) is 0 Å². The number of benzene rings is 2. The van der Waals surface area contributed by atoms with Gasteiger partial charge in [0.05, 0.1) is 29.8 Å². The zero-order chi connectivity index (χ0) is 34.4. The molecule has 1 saturated carbocycles.